The Hall–Kier alpha value is -0.820. The SMILES string of the molecule is NCCc1nc(-c2csc(CCN)n2)cs1. The normalized spacial score (nSPS) is 10.9. The molecule has 2 rings (SSSR count). The number of hydrogen-bond donors (Lipinski definition) is 2. The minimum Gasteiger partial charge on any atom is -0.330 e. The van der Waals surface area contributed by atoms with Crippen molar-refractivity contribution in [3.63, 3.8) is 0 Å². The van der Waals surface area contributed by atoms with E-state index in [1.54, 1.807) is 22.7 Å². The minimum absolute atomic E-state index is 0.641. The molecule has 0 aromatic carbocycles. The lowest BCUT2D eigenvalue weighted by atomic mass is 10.3. The van der Waals surface area contributed by atoms with E-state index in [4.69, 9.17) is 11.5 Å². The van der Waals surface area contributed by atoms with Crippen LogP contribution < -0.4 is 11.5 Å². The molecule has 2 aromatic rings. The van der Waals surface area contributed by atoms with Crippen LogP contribution in [-0.2, 0) is 12.8 Å². The summed E-state index contributed by atoms with van der Waals surface area (Å²) >= 11 is 3.28. The van der Waals surface area contributed by atoms with Crippen LogP contribution in [0.4, 0.5) is 0 Å². The van der Waals surface area contributed by atoms with Crippen LogP contribution >= 0.6 is 22.7 Å². The molecule has 0 spiro atoms. The summed E-state index contributed by atoms with van der Waals surface area (Å²) in [5.41, 5.74) is 12.9. The van der Waals surface area contributed by atoms with Gasteiger partial charge in [0.1, 0.15) is 11.4 Å². The van der Waals surface area contributed by atoms with E-state index in [1.165, 1.54) is 0 Å². The molecule has 0 aliphatic heterocycles. The Balaban J connectivity index is 2.14. The first-order valence-corrected chi connectivity index (χ1v) is 6.88. The highest BCUT2D eigenvalue weighted by atomic mass is 32.1. The molecular weight excluding hydrogens is 240 g/mol. The summed E-state index contributed by atoms with van der Waals surface area (Å²) < 4.78 is 0. The average molecular weight is 254 g/mol. The highest BCUT2D eigenvalue weighted by molar-refractivity contribution is 7.10. The first-order valence-electron chi connectivity index (χ1n) is 5.13. The summed E-state index contributed by atoms with van der Waals surface area (Å²) in [5, 5.41) is 6.22. The third kappa shape index (κ3) is 2.65. The van der Waals surface area contributed by atoms with Crippen molar-refractivity contribution in [3.8, 4) is 11.4 Å². The summed E-state index contributed by atoms with van der Waals surface area (Å²) in [5.74, 6) is 0. The molecule has 0 aliphatic rings. The van der Waals surface area contributed by atoms with Gasteiger partial charge in [-0.05, 0) is 13.1 Å². The third-order valence-corrected chi connectivity index (χ3v) is 3.90. The van der Waals surface area contributed by atoms with E-state index in [2.05, 4.69) is 9.97 Å². The van der Waals surface area contributed by atoms with Crippen LogP contribution in [-0.4, -0.2) is 23.1 Å². The van der Waals surface area contributed by atoms with E-state index in [0.717, 1.165) is 34.2 Å². The van der Waals surface area contributed by atoms with E-state index >= 15 is 0 Å². The van der Waals surface area contributed by atoms with Gasteiger partial charge >= 0.3 is 0 Å². The maximum atomic E-state index is 5.49. The Bertz CT molecular complexity index is 407. The van der Waals surface area contributed by atoms with Crippen molar-refractivity contribution in [1.82, 2.24) is 9.97 Å². The monoisotopic (exact) mass is 254 g/mol. The Morgan fingerprint density at radius 2 is 1.31 bits per heavy atom. The van der Waals surface area contributed by atoms with Gasteiger partial charge in [0.15, 0.2) is 0 Å². The van der Waals surface area contributed by atoms with Crippen molar-refractivity contribution in [2.45, 2.75) is 12.8 Å². The fraction of sp³-hybridized carbons (Fsp3) is 0.400. The summed E-state index contributed by atoms with van der Waals surface area (Å²) in [7, 11) is 0. The molecular formula is C10H14N4S2. The van der Waals surface area contributed by atoms with Crippen LogP contribution in [0.15, 0.2) is 10.8 Å². The third-order valence-electron chi connectivity index (χ3n) is 2.08. The zero-order valence-electron chi connectivity index (χ0n) is 8.85. The summed E-state index contributed by atoms with van der Waals surface area (Å²) in [4.78, 5) is 8.99. The highest BCUT2D eigenvalue weighted by Crippen LogP contribution is 2.23. The molecule has 0 saturated carbocycles. The molecule has 0 amide bonds. The number of rotatable bonds is 5. The van der Waals surface area contributed by atoms with Gasteiger partial charge in [-0.15, -0.1) is 22.7 Å². The lowest BCUT2D eigenvalue weighted by molar-refractivity contribution is 0.946. The van der Waals surface area contributed by atoms with Crippen LogP contribution in [0.2, 0.25) is 0 Å². The Morgan fingerprint density at radius 1 is 0.875 bits per heavy atom. The number of nitrogens with zero attached hydrogens (tertiary/aromatic N) is 2. The molecule has 0 radical (unpaired) electrons. The summed E-state index contributed by atoms with van der Waals surface area (Å²) in [6, 6.07) is 0. The number of hydrogen-bond acceptors (Lipinski definition) is 6. The van der Waals surface area contributed by atoms with Gasteiger partial charge in [0.2, 0.25) is 0 Å². The second kappa shape index (κ2) is 5.49. The van der Waals surface area contributed by atoms with Crippen LogP contribution in [0.5, 0.6) is 0 Å². The van der Waals surface area contributed by atoms with Crippen molar-refractivity contribution in [1.29, 1.82) is 0 Å². The summed E-state index contributed by atoms with van der Waals surface area (Å²) in [6.07, 6.45) is 1.68. The predicted octanol–water partition coefficient (Wildman–Crippen LogP) is 1.27. The van der Waals surface area contributed by atoms with Gasteiger partial charge in [-0.2, -0.15) is 0 Å². The number of nitrogens with two attached hydrogens (primary N) is 2. The topological polar surface area (TPSA) is 77.8 Å². The van der Waals surface area contributed by atoms with Crippen molar-refractivity contribution in [2.75, 3.05) is 13.1 Å². The van der Waals surface area contributed by atoms with Gasteiger partial charge in [0.05, 0.1) is 10.0 Å². The molecule has 86 valence electrons. The van der Waals surface area contributed by atoms with Gasteiger partial charge in [-0.25, -0.2) is 9.97 Å². The van der Waals surface area contributed by atoms with E-state index < -0.39 is 0 Å². The average Bonchev–Trinajstić information content (AvgIpc) is 2.87. The molecule has 0 aliphatic carbocycles. The van der Waals surface area contributed by atoms with Gasteiger partial charge in [0.25, 0.3) is 0 Å². The fourth-order valence-corrected chi connectivity index (χ4v) is 2.95. The van der Waals surface area contributed by atoms with Crippen molar-refractivity contribution in [3.05, 3.63) is 20.8 Å². The van der Waals surface area contributed by atoms with Crippen LogP contribution in [0.3, 0.4) is 0 Å². The van der Waals surface area contributed by atoms with Crippen molar-refractivity contribution >= 4 is 22.7 Å². The number of thiazole rings is 2. The Morgan fingerprint density at radius 3 is 1.69 bits per heavy atom. The van der Waals surface area contributed by atoms with Gasteiger partial charge in [0, 0.05) is 23.6 Å². The molecule has 4 nitrogen and oxygen atoms in total. The molecule has 0 atom stereocenters. The van der Waals surface area contributed by atoms with E-state index in [1.807, 2.05) is 10.8 Å². The van der Waals surface area contributed by atoms with Crippen molar-refractivity contribution in [2.24, 2.45) is 11.5 Å². The second-order valence-corrected chi connectivity index (χ2v) is 5.22. The molecule has 4 N–H and O–H groups in total. The maximum Gasteiger partial charge on any atom is 0.101 e. The van der Waals surface area contributed by atoms with Crippen LogP contribution in [0, 0.1) is 0 Å². The molecule has 0 bridgehead atoms. The van der Waals surface area contributed by atoms with Gasteiger partial charge in [-0.1, -0.05) is 0 Å². The first-order chi connectivity index (χ1) is 7.83. The van der Waals surface area contributed by atoms with Crippen molar-refractivity contribution < 1.29 is 0 Å². The molecule has 6 heteroatoms. The van der Waals surface area contributed by atoms with Gasteiger partial charge < -0.3 is 11.5 Å². The molecule has 0 unspecified atom stereocenters. The molecule has 0 fully saturated rings. The molecule has 0 saturated heterocycles. The Labute approximate surface area is 102 Å². The molecule has 2 heterocycles. The van der Waals surface area contributed by atoms with E-state index in [0.29, 0.717) is 13.1 Å². The van der Waals surface area contributed by atoms with Gasteiger partial charge in [-0.3, -0.25) is 0 Å². The lowest BCUT2D eigenvalue weighted by Crippen LogP contribution is -2.02. The number of aromatic nitrogens is 2. The Kier molecular flexibility index (Phi) is 4.00. The lowest BCUT2D eigenvalue weighted by Gasteiger charge is -1.90. The van der Waals surface area contributed by atoms with E-state index in [9.17, 15) is 0 Å². The molecule has 16 heavy (non-hydrogen) atoms. The predicted molar refractivity (Wildman–Crippen MR) is 68.7 cm³/mol. The summed E-state index contributed by atoms with van der Waals surface area (Å²) in [6.45, 7) is 1.28. The van der Waals surface area contributed by atoms with Crippen LogP contribution in [0.25, 0.3) is 11.4 Å². The largest absolute Gasteiger partial charge is 0.330 e. The minimum atomic E-state index is 0.641. The van der Waals surface area contributed by atoms with Crippen LogP contribution in [0.1, 0.15) is 10.0 Å². The second-order valence-electron chi connectivity index (χ2n) is 3.33. The maximum absolute atomic E-state index is 5.49. The molecule has 2 aromatic heterocycles. The first kappa shape index (κ1) is 11.7. The zero-order chi connectivity index (χ0) is 11.4. The quantitative estimate of drug-likeness (QED) is 0.842. The standard InChI is InChI=1S/C10H14N4S2/c11-3-1-9-13-7(5-15-9)8-6-16-10(14-8)2-4-12/h5-6H,1-4,11-12H2. The fourth-order valence-electron chi connectivity index (χ4n) is 1.33. The smallest absolute Gasteiger partial charge is 0.101 e. The van der Waals surface area contributed by atoms with E-state index in [-0.39, 0.29) is 0 Å². The zero-order valence-corrected chi connectivity index (χ0v) is 10.5. The highest BCUT2D eigenvalue weighted by Gasteiger charge is 2.08.